The summed E-state index contributed by atoms with van der Waals surface area (Å²) >= 11 is 0. The molecule has 2 aromatic rings. The molecule has 6 nitrogen and oxygen atoms in total. The number of hydrogen-bond donors (Lipinski definition) is 4. The predicted octanol–water partition coefficient (Wildman–Crippen LogP) is 1.05. The second-order valence-corrected chi connectivity index (χ2v) is 7.63. The molecular weight excluding hydrogens is 360 g/mol. The first kappa shape index (κ1) is 19.2. The molecule has 1 heterocycles. The molecular formula is C22H26O6. The molecule has 1 aliphatic heterocycles. The normalized spacial score (nSPS) is 29.2. The lowest BCUT2D eigenvalue weighted by Crippen LogP contribution is -2.56. The minimum absolute atomic E-state index is 0.264. The first-order chi connectivity index (χ1) is 13.6. The number of fused-ring (bicyclic) bond motifs is 1. The lowest BCUT2D eigenvalue weighted by molar-refractivity contribution is -0.157. The van der Waals surface area contributed by atoms with Crippen molar-refractivity contribution in [2.75, 3.05) is 13.2 Å². The Morgan fingerprint density at radius 1 is 1.00 bits per heavy atom. The zero-order valence-corrected chi connectivity index (χ0v) is 15.6. The quantitative estimate of drug-likeness (QED) is 0.613. The number of hydrogen-bond acceptors (Lipinski definition) is 6. The monoisotopic (exact) mass is 386 g/mol. The Bertz CT molecular complexity index is 820. The zero-order valence-electron chi connectivity index (χ0n) is 15.6. The summed E-state index contributed by atoms with van der Waals surface area (Å²) in [6.07, 6.45) is -2.59. The van der Waals surface area contributed by atoms with Crippen LogP contribution >= 0.6 is 0 Å². The van der Waals surface area contributed by atoms with Gasteiger partial charge in [-0.3, -0.25) is 0 Å². The predicted molar refractivity (Wildman–Crippen MR) is 103 cm³/mol. The van der Waals surface area contributed by atoms with Crippen molar-refractivity contribution in [3.8, 4) is 11.5 Å². The van der Waals surface area contributed by atoms with Crippen LogP contribution in [0.2, 0.25) is 0 Å². The standard InChI is InChI=1S/C22H26O6/c23-12-16-11-19(21(25)22(26)20(16)24)28-18-4-2-1-3-14(18)9-13-5-6-17-15(10-13)7-8-27-17/h1-6,10,16,19-26H,7-9,11-12H2/t16-,19-,20-,21+,22+/m1/s1. The van der Waals surface area contributed by atoms with Crippen molar-refractivity contribution < 1.29 is 29.9 Å². The molecule has 0 unspecified atom stereocenters. The topological polar surface area (TPSA) is 99.4 Å². The molecule has 2 aliphatic rings. The van der Waals surface area contributed by atoms with Gasteiger partial charge in [0.1, 0.15) is 29.8 Å². The molecule has 150 valence electrons. The van der Waals surface area contributed by atoms with Gasteiger partial charge in [-0.1, -0.05) is 30.3 Å². The lowest BCUT2D eigenvalue weighted by Gasteiger charge is -2.39. The summed E-state index contributed by atoms with van der Waals surface area (Å²) in [5.74, 6) is 1.04. The van der Waals surface area contributed by atoms with Gasteiger partial charge in [0, 0.05) is 25.4 Å². The third-order valence-corrected chi connectivity index (χ3v) is 5.73. The van der Waals surface area contributed by atoms with Crippen molar-refractivity contribution in [2.45, 2.75) is 43.7 Å². The fourth-order valence-electron chi connectivity index (χ4n) is 4.08. The van der Waals surface area contributed by atoms with E-state index in [1.54, 1.807) is 0 Å². The molecule has 4 rings (SSSR count). The summed E-state index contributed by atoms with van der Waals surface area (Å²) in [4.78, 5) is 0. The van der Waals surface area contributed by atoms with E-state index in [0.29, 0.717) is 12.2 Å². The van der Waals surface area contributed by atoms with Crippen LogP contribution in [0.3, 0.4) is 0 Å². The van der Waals surface area contributed by atoms with Crippen LogP contribution in [0.15, 0.2) is 42.5 Å². The Morgan fingerprint density at radius 3 is 2.64 bits per heavy atom. The summed E-state index contributed by atoms with van der Waals surface area (Å²) in [6.45, 7) is 0.446. The van der Waals surface area contributed by atoms with Gasteiger partial charge in [0.25, 0.3) is 0 Å². The van der Waals surface area contributed by atoms with Crippen molar-refractivity contribution in [3.05, 3.63) is 59.2 Å². The molecule has 28 heavy (non-hydrogen) atoms. The van der Waals surface area contributed by atoms with E-state index in [1.165, 1.54) is 5.56 Å². The van der Waals surface area contributed by atoms with Gasteiger partial charge in [0.15, 0.2) is 0 Å². The maximum atomic E-state index is 10.3. The van der Waals surface area contributed by atoms with Gasteiger partial charge < -0.3 is 29.9 Å². The number of para-hydroxylation sites is 1. The van der Waals surface area contributed by atoms with E-state index < -0.39 is 30.3 Å². The fraction of sp³-hybridized carbons (Fsp3) is 0.455. The van der Waals surface area contributed by atoms with Crippen LogP contribution in [0.4, 0.5) is 0 Å². The van der Waals surface area contributed by atoms with Crippen LogP contribution in [0.25, 0.3) is 0 Å². The molecule has 1 saturated carbocycles. The minimum atomic E-state index is -1.35. The van der Waals surface area contributed by atoms with Crippen LogP contribution in [-0.4, -0.2) is 58.1 Å². The molecule has 5 atom stereocenters. The highest BCUT2D eigenvalue weighted by Crippen LogP contribution is 2.32. The minimum Gasteiger partial charge on any atom is -0.493 e. The van der Waals surface area contributed by atoms with Crippen molar-refractivity contribution in [1.29, 1.82) is 0 Å². The summed E-state index contributed by atoms with van der Waals surface area (Å²) in [5, 5.41) is 39.9. The van der Waals surface area contributed by atoms with Crippen molar-refractivity contribution in [2.24, 2.45) is 5.92 Å². The molecule has 0 aromatic heterocycles. The number of ether oxygens (including phenoxy) is 2. The molecule has 0 radical (unpaired) electrons. The number of aliphatic hydroxyl groups is 4. The van der Waals surface area contributed by atoms with Gasteiger partial charge >= 0.3 is 0 Å². The molecule has 2 aromatic carbocycles. The van der Waals surface area contributed by atoms with Gasteiger partial charge in [-0.15, -0.1) is 0 Å². The van der Waals surface area contributed by atoms with E-state index in [4.69, 9.17) is 9.47 Å². The van der Waals surface area contributed by atoms with Crippen molar-refractivity contribution >= 4 is 0 Å². The maximum Gasteiger partial charge on any atom is 0.128 e. The Balaban J connectivity index is 1.53. The van der Waals surface area contributed by atoms with E-state index in [-0.39, 0.29) is 13.0 Å². The van der Waals surface area contributed by atoms with Gasteiger partial charge in [0.2, 0.25) is 0 Å². The van der Waals surface area contributed by atoms with Crippen LogP contribution in [0.1, 0.15) is 23.1 Å². The van der Waals surface area contributed by atoms with Crippen LogP contribution in [0.5, 0.6) is 11.5 Å². The van der Waals surface area contributed by atoms with Crippen LogP contribution in [-0.2, 0) is 12.8 Å². The van der Waals surface area contributed by atoms with E-state index in [9.17, 15) is 20.4 Å². The largest absolute Gasteiger partial charge is 0.493 e. The smallest absolute Gasteiger partial charge is 0.128 e. The Labute approximate surface area is 164 Å². The Hall–Kier alpha value is -2.12. The van der Waals surface area contributed by atoms with E-state index in [1.807, 2.05) is 36.4 Å². The molecule has 1 fully saturated rings. The summed E-state index contributed by atoms with van der Waals surface area (Å²) in [7, 11) is 0. The highest BCUT2D eigenvalue weighted by atomic mass is 16.5. The second-order valence-electron chi connectivity index (χ2n) is 7.63. The first-order valence-electron chi connectivity index (χ1n) is 9.71. The second kappa shape index (κ2) is 8.09. The number of benzene rings is 2. The van der Waals surface area contributed by atoms with E-state index in [0.717, 1.165) is 29.9 Å². The molecule has 6 heteroatoms. The maximum absolute atomic E-state index is 10.3. The first-order valence-corrected chi connectivity index (χ1v) is 9.71. The SMILES string of the molecule is OC[C@H]1C[C@@H](Oc2ccccc2Cc2ccc3c(c2)CCO3)[C@H](O)[C@@H](O)[C@@H]1O. The summed E-state index contributed by atoms with van der Waals surface area (Å²) < 4.78 is 11.6. The summed E-state index contributed by atoms with van der Waals surface area (Å²) in [6, 6.07) is 13.8. The van der Waals surface area contributed by atoms with Gasteiger partial charge in [0.05, 0.1) is 12.7 Å². The average Bonchev–Trinajstić information content (AvgIpc) is 3.17. The molecule has 4 N–H and O–H groups in total. The molecule has 0 saturated heterocycles. The Morgan fingerprint density at radius 2 is 1.82 bits per heavy atom. The molecule has 0 amide bonds. The molecule has 1 aliphatic carbocycles. The van der Waals surface area contributed by atoms with Gasteiger partial charge in [-0.05, 0) is 35.2 Å². The van der Waals surface area contributed by atoms with Gasteiger partial charge in [-0.2, -0.15) is 0 Å². The van der Waals surface area contributed by atoms with E-state index in [2.05, 4.69) is 6.07 Å². The third-order valence-electron chi connectivity index (χ3n) is 5.73. The molecule has 0 spiro atoms. The molecule has 0 bridgehead atoms. The highest BCUT2D eigenvalue weighted by Gasteiger charge is 2.43. The van der Waals surface area contributed by atoms with Crippen molar-refractivity contribution in [3.63, 3.8) is 0 Å². The number of aliphatic hydroxyl groups excluding tert-OH is 4. The van der Waals surface area contributed by atoms with Crippen LogP contribution < -0.4 is 9.47 Å². The fourth-order valence-corrected chi connectivity index (χ4v) is 4.08. The van der Waals surface area contributed by atoms with Gasteiger partial charge in [-0.25, -0.2) is 0 Å². The zero-order chi connectivity index (χ0) is 19.7. The third kappa shape index (κ3) is 3.73. The lowest BCUT2D eigenvalue weighted by atomic mass is 9.81. The van der Waals surface area contributed by atoms with E-state index >= 15 is 0 Å². The average molecular weight is 386 g/mol. The summed E-state index contributed by atoms with van der Waals surface area (Å²) in [5.41, 5.74) is 3.32. The highest BCUT2D eigenvalue weighted by molar-refractivity contribution is 5.43. The van der Waals surface area contributed by atoms with Crippen LogP contribution in [0, 0.1) is 5.92 Å². The Kier molecular flexibility index (Phi) is 5.55. The number of rotatable bonds is 5. The van der Waals surface area contributed by atoms with Crippen molar-refractivity contribution in [1.82, 2.24) is 0 Å².